The number of ether oxygens (including phenoxy) is 1. The molecule has 2 aromatic rings. The van der Waals surface area contributed by atoms with Gasteiger partial charge in [-0.05, 0) is 43.2 Å². The molecule has 0 aromatic heterocycles. The normalized spacial score (nSPS) is 9.80. The van der Waals surface area contributed by atoms with Crippen LogP contribution in [0.1, 0.15) is 11.1 Å². The topological polar surface area (TPSA) is 123 Å². The predicted octanol–water partition coefficient (Wildman–Crippen LogP) is 1.17. The van der Waals surface area contributed by atoms with Gasteiger partial charge in [-0.15, -0.1) is 12.4 Å². The lowest BCUT2D eigenvalue weighted by molar-refractivity contribution is -0.125. The minimum absolute atomic E-state index is 0. The maximum Gasteiger partial charge on any atom is 0.262 e. The number of nitrogens with two attached hydrogens (primary N) is 1. The van der Waals surface area contributed by atoms with Gasteiger partial charge in [-0.3, -0.25) is 14.4 Å². The van der Waals surface area contributed by atoms with Gasteiger partial charge in [-0.25, -0.2) is 0 Å². The first-order valence-corrected chi connectivity index (χ1v) is 9.28. The summed E-state index contributed by atoms with van der Waals surface area (Å²) in [6.45, 7) is 2.10. The summed E-state index contributed by atoms with van der Waals surface area (Å²) < 4.78 is 5.49. The second-order valence-corrected chi connectivity index (χ2v) is 6.43. The molecule has 2 aromatic carbocycles. The summed E-state index contributed by atoms with van der Waals surface area (Å²) in [6, 6.07) is 14.8. The zero-order valence-electron chi connectivity index (χ0n) is 16.8. The number of nitrogens with one attached hydrogen (secondary N) is 3. The first-order chi connectivity index (χ1) is 14.0. The Morgan fingerprint density at radius 2 is 1.57 bits per heavy atom. The predicted molar refractivity (Wildman–Crippen MR) is 118 cm³/mol. The minimum atomic E-state index is -0.372. The molecule has 162 valence electrons. The van der Waals surface area contributed by atoms with Gasteiger partial charge in [0.25, 0.3) is 5.91 Å². The molecule has 0 saturated carbocycles. The van der Waals surface area contributed by atoms with Crippen LogP contribution in [-0.4, -0.2) is 44.0 Å². The summed E-state index contributed by atoms with van der Waals surface area (Å²) in [5, 5.41) is 7.89. The first-order valence-electron chi connectivity index (χ1n) is 9.28. The molecular weight excluding hydrogens is 408 g/mol. The van der Waals surface area contributed by atoms with Gasteiger partial charge in [-0.1, -0.05) is 29.8 Å². The number of benzene rings is 2. The van der Waals surface area contributed by atoms with Crippen LogP contribution in [0.2, 0.25) is 0 Å². The lowest BCUT2D eigenvalue weighted by Gasteiger charge is -2.09. The molecule has 0 atom stereocenters. The van der Waals surface area contributed by atoms with E-state index in [0.717, 1.165) is 16.8 Å². The number of carbonyl (C=O) groups is 3. The van der Waals surface area contributed by atoms with E-state index < -0.39 is 0 Å². The Balaban J connectivity index is 0.00000450. The molecule has 0 unspecified atom stereocenters. The van der Waals surface area contributed by atoms with E-state index in [-0.39, 0.29) is 49.8 Å². The molecule has 0 radical (unpaired) electrons. The van der Waals surface area contributed by atoms with Gasteiger partial charge in [0.2, 0.25) is 11.8 Å². The van der Waals surface area contributed by atoms with Crippen molar-refractivity contribution in [1.82, 2.24) is 10.6 Å². The summed E-state index contributed by atoms with van der Waals surface area (Å²) in [5.41, 5.74) is 8.00. The van der Waals surface area contributed by atoms with Crippen LogP contribution >= 0.6 is 12.4 Å². The maximum atomic E-state index is 11.9. The smallest absolute Gasteiger partial charge is 0.262 e. The van der Waals surface area contributed by atoms with Crippen molar-refractivity contribution in [3.63, 3.8) is 0 Å². The average molecular weight is 435 g/mol. The third-order valence-electron chi connectivity index (χ3n) is 4.00. The Hall–Kier alpha value is -3.10. The van der Waals surface area contributed by atoms with Gasteiger partial charge in [0.1, 0.15) is 5.75 Å². The van der Waals surface area contributed by atoms with Gasteiger partial charge in [0.15, 0.2) is 6.61 Å². The summed E-state index contributed by atoms with van der Waals surface area (Å²) in [6.07, 6.45) is 0.630. The van der Waals surface area contributed by atoms with Crippen molar-refractivity contribution in [2.45, 2.75) is 13.3 Å². The fourth-order valence-electron chi connectivity index (χ4n) is 2.39. The molecule has 0 aliphatic carbocycles. The first kappa shape index (κ1) is 24.9. The summed E-state index contributed by atoms with van der Waals surface area (Å²) in [4.78, 5) is 34.5. The van der Waals surface area contributed by atoms with Crippen LogP contribution in [0.4, 0.5) is 5.69 Å². The zero-order chi connectivity index (χ0) is 21.1. The number of hydrogen-bond donors (Lipinski definition) is 4. The van der Waals surface area contributed by atoms with Gasteiger partial charge in [0, 0.05) is 12.2 Å². The number of hydrogen-bond acceptors (Lipinski definition) is 5. The maximum absolute atomic E-state index is 11.9. The van der Waals surface area contributed by atoms with Gasteiger partial charge >= 0.3 is 0 Å². The molecule has 2 rings (SSSR count). The summed E-state index contributed by atoms with van der Waals surface area (Å²) in [5.74, 6) is -0.293. The highest BCUT2D eigenvalue weighted by Gasteiger charge is 2.05. The van der Waals surface area contributed by atoms with E-state index >= 15 is 0 Å². The van der Waals surface area contributed by atoms with Crippen molar-refractivity contribution in [2.24, 2.45) is 5.73 Å². The third-order valence-corrected chi connectivity index (χ3v) is 4.00. The van der Waals surface area contributed by atoms with Gasteiger partial charge in [-0.2, -0.15) is 0 Å². The van der Waals surface area contributed by atoms with E-state index in [4.69, 9.17) is 10.5 Å². The van der Waals surface area contributed by atoms with E-state index in [1.807, 2.05) is 43.3 Å². The molecular formula is C21H27ClN4O4. The molecule has 0 saturated heterocycles. The van der Waals surface area contributed by atoms with E-state index in [0.29, 0.717) is 18.7 Å². The van der Waals surface area contributed by atoms with Crippen LogP contribution in [0.25, 0.3) is 0 Å². The lowest BCUT2D eigenvalue weighted by atomic mass is 10.1. The Labute approximate surface area is 182 Å². The Morgan fingerprint density at radius 1 is 0.900 bits per heavy atom. The van der Waals surface area contributed by atoms with E-state index in [1.54, 1.807) is 12.1 Å². The Bertz CT molecular complexity index is 826. The van der Waals surface area contributed by atoms with Crippen molar-refractivity contribution in [3.05, 3.63) is 59.7 Å². The average Bonchev–Trinajstić information content (AvgIpc) is 2.73. The van der Waals surface area contributed by atoms with Crippen molar-refractivity contribution in [3.8, 4) is 5.75 Å². The summed E-state index contributed by atoms with van der Waals surface area (Å²) >= 11 is 0. The third kappa shape index (κ3) is 9.40. The highest BCUT2D eigenvalue weighted by atomic mass is 35.5. The fourth-order valence-corrected chi connectivity index (χ4v) is 2.39. The molecule has 0 spiro atoms. The van der Waals surface area contributed by atoms with E-state index in [1.165, 1.54) is 0 Å². The highest BCUT2D eigenvalue weighted by Crippen LogP contribution is 2.13. The Kier molecular flexibility index (Phi) is 11.0. The van der Waals surface area contributed by atoms with Gasteiger partial charge in [0.05, 0.1) is 13.1 Å². The van der Waals surface area contributed by atoms with Crippen LogP contribution < -0.4 is 26.4 Å². The fraction of sp³-hybridized carbons (Fsp3) is 0.286. The standard InChI is InChI=1S/C21H26N4O4.ClH/c1-15-2-6-17(7-3-15)25-21(28)14-29-18-8-4-16(5-9-18)10-11-23-20(27)13-24-19(26)12-22;/h2-9H,10-14,22H2,1H3,(H,23,27)(H,24,26)(H,25,28);1H. The molecule has 0 heterocycles. The molecule has 0 aliphatic rings. The molecule has 30 heavy (non-hydrogen) atoms. The van der Waals surface area contributed by atoms with Crippen molar-refractivity contribution < 1.29 is 19.1 Å². The van der Waals surface area contributed by atoms with Crippen molar-refractivity contribution in [1.29, 1.82) is 0 Å². The van der Waals surface area contributed by atoms with Crippen molar-refractivity contribution in [2.75, 3.05) is 31.6 Å². The van der Waals surface area contributed by atoms with Crippen LogP contribution in [0.15, 0.2) is 48.5 Å². The number of aryl methyl sites for hydroxylation is 1. The molecule has 3 amide bonds. The second kappa shape index (κ2) is 13.2. The van der Waals surface area contributed by atoms with Crippen LogP contribution in [-0.2, 0) is 20.8 Å². The van der Waals surface area contributed by atoms with Crippen LogP contribution in [0.5, 0.6) is 5.75 Å². The van der Waals surface area contributed by atoms with E-state index in [9.17, 15) is 14.4 Å². The quantitative estimate of drug-likeness (QED) is 0.447. The molecule has 0 fully saturated rings. The molecule has 8 nitrogen and oxygen atoms in total. The number of carbonyl (C=O) groups excluding carboxylic acids is 3. The minimum Gasteiger partial charge on any atom is -0.484 e. The molecule has 9 heteroatoms. The summed E-state index contributed by atoms with van der Waals surface area (Å²) in [7, 11) is 0. The number of amides is 3. The highest BCUT2D eigenvalue weighted by molar-refractivity contribution is 5.91. The van der Waals surface area contributed by atoms with Crippen LogP contribution in [0.3, 0.4) is 0 Å². The Morgan fingerprint density at radius 3 is 2.20 bits per heavy atom. The largest absolute Gasteiger partial charge is 0.484 e. The zero-order valence-corrected chi connectivity index (χ0v) is 17.6. The van der Waals surface area contributed by atoms with Gasteiger partial charge < -0.3 is 26.4 Å². The number of rotatable bonds is 10. The van der Waals surface area contributed by atoms with E-state index in [2.05, 4.69) is 16.0 Å². The van der Waals surface area contributed by atoms with Crippen LogP contribution in [0, 0.1) is 6.92 Å². The SMILES string of the molecule is Cc1ccc(NC(=O)COc2ccc(CCNC(=O)CNC(=O)CN)cc2)cc1.Cl. The lowest BCUT2D eigenvalue weighted by Crippen LogP contribution is -2.40. The molecule has 0 aliphatic heterocycles. The molecule has 5 N–H and O–H groups in total. The number of anilines is 1. The second-order valence-electron chi connectivity index (χ2n) is 6.43. The number of halogens is 1. The molecule has 0 bridgehead atoms. The van der Waals surface area contributed by atoms with Crippen molar-refractivity contribution >= 4 is 35.8 Å². The monoisotopic (exact) mass is 434 g/mol.